The molecule has 0 spiro atoms. The van der Waals surface area contributed by atoms with Gasteiger partial charge < -0.3 is 9.64 Å². The third-order valence-electron chi connectivity index (χ3n) is 7.31. The fourth-order valence-corrected chi connectivity index (χ4v) is 4.68. The standard InChI is InChI=1S/C29H28N4O.C8H10.C3H8/c1-5-33(6-2)24-8-10-26-21(4)16-25(34-29(26)18-24)9-7-23(19-30)22-12-14-32-28(17-22)27-15-20(3)11-13-31-27;1-7-5-3-4-6-8(7)2;1-3-2/h7-18H,5-6H2,1-4H3;3-6H,1-2H3;3H2,1-2H3/b23-7+,25-9-;;. The quantitative estimate of drug-likeness (QED) is 0.207. The monoisotopic (exact) mass is 598 g/mol. The van der Waals surface area contributed by atoms with E-state index in [1.54, 1.807) is 18.5 Å². The van der Waals surface area contributed by atoms with E-state index >= 15 is 0 Å². The lowest BCUT2D eigenvalue weighted by Gasteiger charge is -2.24. The zero-order chi connectivity index (χ0) is 32.8. The molecule has 0 saturated heterocycles. The van der Waals surface area contributed by atoms with E-state index in [1.165, 1.54) is 17.5 Å². The molecule has 0 radical (unpaired) electrons. The van der Waals surface area contributed by atoms with E-state index < -0.39 is 0 Å². The van der Waals surface area contributed by atoms with Gasteiger partial charge in [0.1, 0.15) is 11.5 Å². The van der Waals surface area contributed by atoms with E-state index in [-0.39, 0.29) is 0 Å². The summed E-state index contributed by atoms with van der Waals surface area (Å²) in [6.07, 6.45) is 10.4. The van der Waals surface area contributed by atoms with Gasteiger partial charge in [-0.3, -0.25) is 9.97 Å². The number of nitriles is 1. The molecular weight excluding hydrogens is 552 g/mol. The zero-order valence-corrected chi connectivity index (χ0v) is 28.1. The molecule has 5 heteroatoms. The lowest BCUT2D eigenvalue weighted by molar-refractivity contribution is 0.438. The number of hydrogen-bond donors (Lipinski definition) is 0. The second-order valence-corrected chi connectivity index (χ2v) is 11.0. The smallest absolute Gasteiger partial charge is 0.136 e. The van der Waals surface area contributed by atoms with Crippen LogP contribution >= 0.6 is 0 Å². The minimum Gasteiger partial charge on any atom is -0.457 e. The molecule has 0 aliphatic carbocycles. The van der Waals surface area contributed by atoms with Crippen molar-refractivity contribution in [2.24, 2.45) is 0 Å². The molecule has 0 atom stereocenters. The molecule has 3 heterocycles. The summed E-state index contributed by atoms with van der Waals surface area (Å²) in [6.45, 7) is 18.8. The second kappa shape index (κ2) is 17.4. The third kappa shape index (κ3) is 9.78. The van der Waals surface area contributed by atoms with Gasteiger partial charge in [0.15, 0.2) is 0 Å². The summed E-state index contributed by atoms with van der Waals surface area (Å²) in [5.74, 6) is 1.53. The Morgan fingerprint density at radius 2 is 1.44 bits per heavy atom. The molecule has 1 aliphatic heterocycles. The van der Waals surface area contributed by atoms with Crippen LogP contribution in [0, 0.1) is 32.1 Å². The molecule has 5 rings (SSSR count). The summed E-state index contributed by atoms with van der Waals surface area (Å²) in [4.78, 5) is 11.1. The maximum atomic E-state index is 9.83. The molecule has 2 aromatic carbocycles. The predicted octanol–water partition coefficient (Wildman–Crippen LogP) is 10.3. The van der Waals surface area contributed by atoms with Gasteiger partial charge in [0.05, 0.1) is 23.0 Å². The molecule has 45 heavy (non-hydrogen) atoms. The first-order valence-corrected chi connectivity index (χ1v) is 15.7. The Hall–Kier alpha value is -4.95. The first-order chi connectivity index (χ1) is 21.7. The third-order valence-corrected chi connectivity index (χ3v) is 7.31. The Morgan fingerprint density at radius 1 is 0.822 bits per heavy atom. The normalized spacial score (nSPS) is 12.7. The van der Waals surface area contributed by atoms with E-state index in [0.29, 0.717) is 11.3 Å². The molecule has 5 nitrogen and oxygen atoms in total. The molecule has 0 saturated carbocycles. The average molecular weight is 599 g/mol. The van der Waals surface area contributed by atoms with Gasteiger partial charge in [-0.15, -0.1) is 0 Å². The Kier molecular flexibility index (Phi) is 13.3. The molecule has 232 valence electrons. The average Bonchev–Trinajstić information content (AvgIpc) is 3.04. The van der Waals surface area contributed by atoms with Crippen LogP contribution in [0.25, 0.3) is 22.5 Å². The van der Waals surface area contributed by atoms with Crippen LogP contribution < -0.4 is 9.64 Å². The minimum absolute atomic E-state index is 0.529. The van der Waals surface area contributed by atoms with Crippen molar-refractivity contribution < 1.29 is 4.74 Å². The van der Waals surface area contributed by atoms with E-state index in [9.17, 15) is 5.26 Å². The maximum absolute atomic E-state index is 9.83. The van der Waals surface area contributed by atoms with Crippen molar-refractivity contribution in [1.29, 1.82) is 5.26 Å². The molecule has 0 unspecified atom stereocenters. The summed E-state index contributed by atoms with van der Waals surface area (Å²) < 4.78 is 6.20. The van der Waals surface area contributed by atoms with Gasteiger partial charge in [0.25, 0.3) is 0 Å². The summed E-state index contributed by atoms with van der Waals surface area (Å²) >= 11 is 0. The van der Waals surface area contributed by atoms with Crippen molar-refractivity contribution in [2.45, 2.75) is 61.8 Å². The first kappa shape index (κ1) is 34.5. The van der Waals surface area contributed by atoms with E-state index in [4.69, 9.17) is 4.74 Å². The summed E-state index contributed by atoms with van der Waals surface area (Å²) in [5.41, 5.74) is 10.0. The minimum atomic E-state index is 0.529. The van der Waals surface area contributed by atoms with Crippen molar-refractivity contribution in [3.05, 3.63) is 131 Å². The fraction of sp³-hybridized carbons (Fsp3) is 0.275. The van der Waals surface area contributed by atoms with Crippen molar-refractivity contribution >= 4 is 16.8 Å². The lowest BCUT2D eigenvalue weighted by atomic mass is 10.0. The Bertz CT molecular complexity index is 1680. The predicted molar refractivity (Wildman–Crippen MR) is 190 cm³/mol. The van der Waals surface area contributed by atoms with Crippen molar-refractivity contribution in [3.63, 3.8) is 0 Å². The highest BCUT2D eigenvalue weighted by atomic mass is 16.5. The fourth-order valence-electron chi connectivity index (χ4n) is 4.68. The number of benzene rings is 2. The highest BCUT2D eigenvalue weighted by Crippen LogP contribution is 2.36. The molecule has 0 bridgehead atoms. The van der Waals surface area contributed by atoms with Gasteiger partial charge in [-0.05, 0) is 124 Å². The number of aryl methyl sites for hydroxylation is 3. The van der Waals surface area contributed by atoms with Gasteiger partial charge in [-0.2, -0.15) is 5.26 Å². The first-order valence-electron chi connectivity index (χ1n) is 15.7. The molecular formula is C40H46N4O. The topological polar surface area (TPSA) is 62.0 Å². The Morgan fingerprint density at radius 3 is 2.02 bits per heavy atom. The van der Waals surface area contributed by atoms with Crippen LogP contribution in [0.4, 0.5) is 5.69 Å². The number of hydrogen-bond acceptors (Lipinski definition) is 5. The Balaban J connectivity index is 0.000000426. The number of ether oxygens (including phenoxy) is 1. The number of aromatic nitrogens is 2. The summed E-state index contributed by atoms with van der Waals surface area (Å²) in [5, 5.41) is 9.83. The molecule has 0 amide bonds. The van der Waals surface area contributed by atoms with Gasteiger partial charge in [0, 0.05) is 42.8 Å². The molecule has 2 aromatic heterocycles. The molecule has 0 N–H and O–H groups in total. The van der Waals surface area contributed by atoms with Crippen molar-refractivity contribution in [3.8, 4) is 23.2 Å². The van der Waals surface area contributed by atoms with E-state index in [0.717, 1.165) is 58.2 Å². The van der Waals surface area contributed by atoms with Crippen LogP contribution in [-0.4, -0.2) is 23.1 Å². The number of pyridine rings is 2. The number of allylic oxidation sites excluding steroid dienone is 5. The summed E-state index contributed by atoms with van der Waals surface area (Å²) in [6, 6.07) is 24.7. The second-order valence-electron chi connectivity index (χ2n) is 11.0. The largest absolute Gasteiger partial charge is 0.457 e. The Labute approximate surface area is 270 Å². The van der Waals surface area contributed by atoms with Crippen LogP contribution in [0.1, 0.15) is 68.9 Å². The zero-order valence-electron chi connectivity index (χ0n) is 28.1. The van der Waals surface area contributed by atoms with Crippen molar-refractivity contribution in [1.82, 2.24) is 9.97 Å². The van der Waals surface area contributed by atoms with E-state index in [1.807, 2.05) is 43.3 Å². The molecule has 1 aliphatic rings. The SMILES string of the molecule is CCC.CCN(CC)c1ccc2c(c1)O/C(=C\C=C(/C#N)c1ccnc(-c3cc(C)ccn3)c1)C=C2C.Cc1ccccc1C. The maximum Gasteiger partial charge on any atom is 0.136 e. The highest BCUT2D eigenvalue weighted by Gasteiger charge is 2.16. The van der Waals surface area contributed by atoms with Crippen LogP contribution in [-0.2, 0) is 0 Å². The van der Waals surface area contributed by atoms with Gasteiger partial charge >= 0.3 is 0 Å². The number of rotatable bonds is 6. The van der Waals surface area contributed by atoms with Crippen molar-refractivity contribution in [2.75, 3.05) is 18.0 Å². The molecule has 4 aromatic rings. The molecule has 0 fully saturated rings. The summed E-state index contributed by atoms with van der Waals surface area (Å²) in [7, 11) is 0. The lowest BCUT2D eigenvalue weighted by Crippen LogP contribution is -2.21. The highest BCUT2D eigenvalue weighted by molar-refractivity contribution is 5.80. The van der Waals surface area contributed by atoms with Gasteiger partial charge in [-0.25, -0.2) is 0 Å². The van der Waals surface area contributed by atoms with Crippen LogP contribution in [0.5, 0.6) is 5.75 Å². The van der Waals surface area contributed by atoms with Gasteiger partial charge in [0.2, 0.25) is 0 Å². The van der Waals surface area contributed by atoms with E-state index in [2.05, 4.69) is 112 Å². The van der Waals surface area contributed by atoms with Crippen LogP contribution in [0.3, 0.4) is 0 Å². The number of anilines is 1. The van der Waals surface area contributed by atoms with Crippen LogP contribution in [0.2, 0.25) is 0 Å². The number of nitrogens with zero attached hydrogens (tertiary/aromatic N) is 4. The van der Waals surface area contributed by atoms with Gasteiger partial charge in [-0.1, -0.05) is 44.5 Å². The number of fused-ring (bicyclic) bond motifs is 1. The van der Waals surface area contributed by atoms with Crippen LogP contribution in [0.15, 0.2) is 103 Å².